The van der Waals surface area contributed by atoms with Crippen LogP contribution in [0.4, 0.5) is 8.78 Å². The Balaban J connectivity index is 2.08. The molecule has 5 heteroatoms. The van der Waals surface area contributed by atoms with Crippen molar-refractivity contribution < 1.29 is 17.2 Å². The fraction of sp³-hybridized carbons (Fsp3) is 0.222. The molecule has 0 N–H and O–H groups in total. The van der Waals surface area contributed by atoms with Crippen LogP contribution in [0.15, 0.2) is 47.4 Å². The Morgan fingerprint density at radius 3 is 2.22 bits per heavy atom. The number of sulfone groups is 1. The standard InChI is InChI=1S/C18H16F2O2S/c1-23(21,22)13-10-8-12(9-11-13)14-4-2-5-15(14)16-6-3-7-17(19)18(16)20/h3,6-11H,2,4-5H2,1H3. The lowest BCUT2D eigenvalue weighted by Crippen LogP contribution is -1.97. The Morgan fingerprint density at radius 1 is 0.913 bits per heavy atom. The van der Waals surface area contributed by atoms with Crippen molar-refractivity contribution in [1.82, 2.24) is 0 Å². The van der Waals surface area contributed by atoms with E-state index in [1.54, 1.807) is 30.3 Å². The van der Waals surface area contributed by atoms with Gasteiger partial charge in [-0.25, -0.2) is 17.2 Å². The van der Waals surface area contributed by atoms with Gasteiger partial charge in [-0.2, -0.15) is 0 Å². The van der Waals surface area contributed by atoms with Crippen molar-refractivity contribution >= 4 is 21.0 Å². The molecule has 0 radical (unpaired) electrons. The summed E-state index contributed by atoms with van der Waals surface area (Å²) in [6.45, 7) is 0. The van der Waals surface area contributed by atoms with Gasteiger partial charge in [0.05, 0.1) is 4.90 Å². The first-order valence-corrected chi connectivity index (χ1v) is 9.24. The SMILES string of the molecule is CS(=O)(=O)c1ccc(C2=C(c3cccc(F)c3F)CCC2)cc1. The molecule has 3 rings (SSSR count). The Kier molecular flexibility index (Phi) is 4.06. The Morgan fingerprint density at radius 2 is 1.57 bits per heavy atom. The van der Waals surface area contributed by atoms with E-state index in [2.05, 4.69) is 0 Å². The molecule has 0 spiro atoms. The van der Waals surface area contributed by atoms with E-state index in [1.807, 2.05) is 0 Å². The molecule has 2 aromatic rings. The third-order valence-electron chi connectivity index (χ3n) is 4.13. The highest BCUT2D eigenvalue weighted by Crippen LogP contribution is 2.40. The van der Waals surface area contributed by atoms with Gasteiger partial charge < -0.3 is 0 Å². The van der Waals surface area contributed by atoms with E-state index >= 15 is 0 Å². The quantitative estimate of drug-likeness (QED) is 0.830. The molecule has 2 aromatic carbocycles. The van der Waals surface area contributed by atoms with Gasteiger partial charge in [0.25, 0.3) is 0 Å². The van der Waals surface area contributed by atoms with Crippen LogP contribution in [0.25, 0.3) is 11.1 Å². The van der Waals surface area contributed by atoms with Gasteiger partial charge in [-0.3, -0.25) is 0 Å². The van der Waals surface area contributed by atoms with Crippen molar-refractivity contribution in [2.45, 2.75) is 24.2 Å². The summed E-state index contributed by atoms with van der Waals surface area (Å²) in [5, 5.41) is 0. The van der Waals surface area contributed by atoms with Crippen molar-refractivity contribution in [1.29, 1.82) is 0 Å². The predicted molar refractivity (Wildman–Crippen MR) is 86.6 cm³/mol. The second-order valence-electron chi connectivity index (χ2n) is 5.71. The van der Waals surface area contributed by atoms with Crippen LogP contribution in [0.1, 0.15) is 30.4 Å². The lowest BCUT2D eigenvalue weighted by Gasteiger charge is -2.10. The van der Waals surface area contributed by atoms with Crippen LogP contribution in [0.2, 0.25) is 0 Å². The second-order valence-corrected chi connectivity index (χ2v) is 7.72. The molecule has 1 aliphatic rings. The Hall–Kier alpha value is -2.01. The minimum Gasteiger partial charge on any atom is -0.224 e. The predicted octanol–water partition coefficient (Wildman–Crippen LogP) is 4.46. The zero-order chi connectivity index (χ0) is 16.6. The van der Waals surface area contributed by atoms with E-state index in [-0.39, 0.29) is 4.90 Å². The fourth-order valence-electron chi connectivity index (χ4n) is 3.00. The summed E-state index contributed by atoms with van der Waals surface area (Å²) in [5.41, 5.74) is 2.90. The molecular formula is C18H16F2O2S. The number of hydrogen-bond acceptors (Lipinski definition) is 2. The van der Waals surface area contributed by atoms with E-state index in [1.165, 1.54) is 6.07 Å². The highest BCUT2D eigenvalue weighted by Gasteiger charge is 2.21. The first-order valence-electron chi connectivity index (χ1n) is 7.35. The number of hydrogen-bond donors (Lipinski definition) is 0. The lowest BCUT2D eigenvalue weighted by molar-refractivity contribution is 0.506. The van der Waals surface area contributed by atoms with Crippen LogP contribution in [0, 0.1) is 11.6 Å². The fourth-order valence-corrected chi connectivity index (χ4v) is 3.63. The van der Waals surface area contributed by atoms with E-state index in [9.17, 15) is 17.2 Å². The smallest absolute Gasteiger partial charge is 0.175 e. The summed E-state index contributed by atoms with van der Waals surface area (Å²) >= 11 is 0. The maximum Gasteiger partial charge on any atom is 0.175 e. The minimum absolute atomic E-state index is 0.248. The summed E-state index contributed by atoms with van der Waals surface area (Å²) in [6.07, 6.45) is 3.48. The number of halogens is 2. The van der Waals surface area contributed by atoms with Crippen molar-refractivity contribution in [3.05, 3.63) is 65.2 Å². The van der Waals surface area contributed by atoms with Gasteiger partial charge >= 0.3 is 0 Å². The van der Waals surface area contributed by atoms with E-state index < -0.39 is 21.5 Å². The average Bonchev–Trinajstić information content (AvgIpc) is 2.98. The molecule has 120 valence electrons. The van der Waals surface area contributed by atoms with Crippen LogP contribution in [0.3, 0.4) is 0 Å². The molecule has 0 aromatic heterocycles. The lowest BCUT2D eigenvalue weighted by atomic mass is 9.96. The van der Waals surface area contributed by atoms with Gasteiger partial charge in [-0.15, -0.1) is 0 Å². The van der Waals surface area contributed by atoms with E-state index in [4.69, 9.17) is 0 Å². The van der Waals surface area contributed by atoms with Gasteiger partial charge in [0.2, 0.25) is 0 Å². The largest absolute Gasteiger partial charge is 0.224 e. The molecule has 0 aliphatic heterocycles. The Bertz CT molecular complexity index is 882. The van der Waals surface area contributed by atoms with Crippen LogP contribution in [-0.4, -0.2) is 14.7 Å². The van der Waals surface area contributed by atoms with Gasteiger partial charge in [-0.1, -0.05) is 24.3 Å². The maximum atomic E-state index is 14.1. The van der Waals surface area contributed by atoms with Crippen LogP contribution < -0.4 is 0 Å². The maximum absolute atomic E-state index is 14.1. The molecule has 0 fully saturated rings. The van der Waals surface area contributed by atoms with Crippen molar-refractivity contribution in [2.24, 2.45) is 0 Å². The Labute approximate surface area is 134 Å². The topological polar surface area (TPSA) is 34.1 Å². The minimum atomic E-state index is -3.25. The molecule has 23 heavy (non-hydrogen) atoms. The van der Waals surface area contributed by atoms with Gasteiger partial charge in [0.15, 0.2) is 21.5 Å². The molecule has 0 amide bonds. The highest BCUT2D eigenvalue weighted by molar-refractivity contribution is 7.90. The monoisotopic (exact) mass is 334 g/mol. The molecule has 2 nitrogen and oxygen atoms in total. The average molecular weight is 334 g/mol. The summed E-state index contributed by atoms with van der Waals surface area (Å²) in [5.74, 6) is -1.68. The summed E-state index contributed by atoms with van der Waals surface area (Å²) in [4.78, 5) is 0.248. The zero-order valence-corrected chi connectivity index (χ0v) is 13.5. The molecule has 0 saturated carbocycles. The highest BCUT2D eigenvalue weighted by atomic mass is 32.2. The molecule has 0 atom stereocenters. The third kappa shape index (κ3) is 3.06. The zero-order valence-electron chi connectivity index (χ0n) is 12.6. The first kappa shape index (κ1) is 15.9. The van der Waals surface area contributed by atoms with Crippen molar-refractivity contribution in [2.75, 3.05) is 6.26 Å². The molecule has 1 aliphatic carbocycles. The van der Waals surface area contributed by atoms with Gasteiger partial charge in [0.1, 0.15) is 0 Å². The molecular weight excluding hydrogens is 318 g/mol. The molecule has 0 saturated heterocycles. The third-order valence-corrected chi connectivity index (χ3v) is 5.25. The first-order chi connectivity index (χ1) is 10.9. The number of rotatable bonds is 3. The molecule has 0 unspecified atom stereocenters. The van der Waals surface area contributed by atoms with Crippen LogP contribution >= 0.6 is 0 Å². The number of benzene rings is 2. The molecule has 0 heterocycles. The summed E-state index contributed by atoms with van der Waals surface area (Å²) in [6, 6.07) is 10.8. The summed E-state index contributed by atoms with van der Waals surface area (Å²) in [7, 11) is -3.25. The van der Waals surface area contributed by atoms with Gasteiger partial charge in [0, 0.05) is 11.8 Å². The second kappa shape index (κ2) is 5.89. The van der Waals surface area contributed by atoms with Crippen LogP contribution in [-0.2, 0) is 9.84 Å². The summed E-state index contributed by atoms with van der Waals surface area (Å²) < 4.78 is 50.6. The van der Waals surface area contributed by atoms with E-state index in [0.717, 1.165) is 41.9 Å². The van der Waals surface area contributed by atoms with Crippen molar-refractivity contribution in [3.63, 3.8) is 0 Å². The molecule has 0 bridgehead atoms. The van der Waals surface area contributed by atoms with Crippen molar-refractivity contribution in [3.8, 4) is 0 Å². The van der Waals surface area contributed by atoms with Crippen LogP contribution in [0.5, 0.6) is 0 Å². The van der Waals surface area contributed by atoms with Gasteiger partial charge in [-0.05, 0) is 54.2 Å². The normalized spacial score (nSPS) is 15.3. The van der Waals surface area contributed by atoms with E-state index in [0.29, 0.717) is 12.0 Å². The number of allylic oxidation sites excluding steroid dienone is 2.